The van der Waals surface area contributed by atoms with Gasteiger partial charge in [-0.3, -0.25) is 13.9 Å². The molecule has 4 rings (SSSR count). The molecule has 4 aromatic rings. The Morgan fingerprint density at radius 3 is 2.09 bits per heavy atom. The van der Waals surface area contributed by atoms with Crippen molar-refractivity contribution < 1.29 is 22.4 Å². The van der Waals surface area contributed by atoms with Crippen LogP contribution in [0.4, 0.5) is 10.1 Å². The number of anilines is 1. The fraction of sp³-hybridized carbons (Fsp3) is 0.257. The van der Waals surface area contributed by atoms with Crippen molar-refractivity contribution in [2.24, 2.45) is 0 Å². The van der Waals surface area contributed by atoms with E-state index in [9.17, 15) is 18.0 Å². The zero-order valence-electron chi connectivity index (χ0n) is 25.2. The summed E-state index contributed by atoms with van der Waals surface area (Å²) in [6.07, 6.45) is 0.887. The van der Waals surface area contributed by atoms with Gasteiger partial charge in [0, 0.05) is 19.0 Å². The van der Waals surface area contributed by atoms with Gasteiger partial charge in [-0.1, -0.05) is 97.4 Å². The number of nitrogens with zero attached hydrogens (tertiary/aromatic N) is 2. The van der Waals surface area contributed by atoms with Crippen molar-refractivity contribution in [3.8, 4) is 0 Å². The molecule has 0 bridgehead atoms. The summed E-state index contributed by atoms with van der Waals surface area (Å²) in [5.41, 5.74) is 2.32. The number of carbonyl (C=O) groups excluding carboxylic acids is 2. The molecule has 2 amide bonds. The number of benzene rings is 4. The van der Waals surface area contributed by atoms with Gasteiger partial charge in [0.25, 0.3) is 10.0 Å². The normalized spacial score (nSPS) is 12.6. The number of rotatable bonds is 13. The molecule has 0 saturated heterocycles. The van der Waals surface area contributed by atoms with Crippen molar-refractivity contribution in [1.29, 1.82) is 0 Å². The van der Waals surface area contributed by atoms with Gasteiger partial charge in [0.1, 0.15) is 18.4 Å². The Bertz CT molecular complexity index is 1670. The maximum atomic E-state index is 15.2. The van der Waals surface area contributed by atoms with E-state index in [0.29, 0.717) is 6.42 Å². The predicted octanol–water partition coefficient (Wildman–Crippen LogP) is 5.88. The van der Waals surface area contributed by atoms with Crippen LogP contribution in [0.3, 0.4) is 0 Å². The molecule has 44 heavy (non-hydrogen) atoms. The number of sulfonamides is 1. The zero-order chi connectivity index (χ0) is 31.7. The third-order valence-corrected chi connectivity index (χ3v) is 9.21. The first-order valence-corrected chi connectivity index (χ1v) is 16.1. The van der Waals surface area contributed by atoms with Gasteiger partial charge in [0.2, 0.25) is 11.8 Å². The lowest BCUT2D eigenvalue weighted by Crippen LogP contribution is -2.54. The molecule has 0 radical (unpaired) electrons. The number of para-hydroxylation sites is 1. The van der Waals surface area contributed by atoms with Crippen LogP contribution in [0.25, 0.3) is 0 Å². The van der Waals surface area contributed by atoms with Crippen LogP contribution in [0, 0.1) is 12.7 Å². The SMILES string of the molecule is CC[C@H](C)NC(=O)[C@@H](Cc1ccccc1)N(Cc1cccc(C)c1)C(=O)CN(c1ccccc1F)S(=O)(=O)c1ccccc1. The van der Waals surface area contributed by atoms with Crippen LogP contribution in [0.1, 0.15) is 37.0 Å². The Balaban J connectivity index is 1.81. The van der Waals surface area contributed by atoms with Gasteiger partial charge >= 0.3 is 0 Å². The van der Waals surface area contributed by atoms with Crippen LogP contribution < -0.4 is 9.62 Å². The van der Waals surface area contributed by atoms with E-state index in [-0.39, 0.29) is 35.5 Å². The number of nitrogens with one attached hydrogen (secondary N) is 1. The maximum Gasteiger partial charge on any atom is 0.264 e. The first-order valence-electron chi connectivity index (χ1n) is 14.6. The zero-order valence-corrected chi connectivity index (χ0v) is 26.0. The largest absolute Gasteiger partial charge is 0.352 e. The summed E-state index contributed by atoms with van der Waals surface area (Å²) in [5.74, 6) is -1.79. The lowest BCUT2D eigenvalue weighted by atomic mass is 10.0. The van der Waals surface area contributed by atoms with Crippen molar-refractivity contribution in [3.05, 3.63) is 132 Å². The molecular weight excluding hydrogens is 577 g/mol. The van der Waals surface area contributed by atoms with Crippen LogP contribution in [0.2, 0.25) is 0 Å². The highest BCUT2D eigenvalue weighted by atomic mass is 32.2. The van der Waals surface area contributed by atoms with Crippen LogP contribution in [-0.2, 0) is 32.6 Å². The number of halogens is 1. The topological polar surface area (TPSA) is 86.8 Å². The average molecular weight is 616 g/mol. The molecule has 0 aliphatic rings. The molecule has 0 spiro atoms. The maximum absolute atomic E-state index is 15.2. The number of hydrogen-bond acceptors (Lipinski definition) is 4. The quantitative estimate of drug-likeness (QED) is 0.203. The standard InChI is InChI=1S/C35H38FN3O4S/c1-4-27(3)37-35(41)33(23-28-15-7-5-8-16-28)38(24-29-17-13-14-26(2)22-29)34(40)25-39(32-21-12-11-20-31(32)36)44(42,43)30-18-9-6-10-19-30/h5-22,27,33H,4,23-25H2,1-3H3,(H,37,41)/t27-,33+/m0/s1. The predicted molar refractivity (Wildman–Crippen MR) is 171 cm³/mol. The van der Waals surface area contributed by atoms with Gasteiger partial charge in [-0.25, -0.2) is 12.8 Å². The van der Waals surface area contributed by atoms with E-state index in [0.717, 1.165) is 27.1 Å². The fourth-order valence-electron chi connectivity index (χ4n) is 4.89. The van der Waals surface area contributed by atoms with Gasteiger partial charge in [0.15, 0.2) is 0 Å². The van der Waals surface area contributed by atoms with E-state index >= 15 is 4.39 Å². The number of aryl methyl sites for hydroxylation is 1. The summed E-state index contributed by atoms with van der Waals surface area (Å²) in [6.45, 7) is 5.09. The molecule has 0 fully saturated rings. The molecule has 230 valence electrons. The Morgan fingerprint density at radius 2 is 1.45 bits per heavy atom. The average Bonchev–Trinajstić information content (AvgIpc) is 3.02. The van der Waals surface area contributed by atoms with Crippen molar-refractivity contribution in [2.45, 2.75) is 57.1 Å². The Hall–Kier alpha value is -4.50. The molecule has 0 heterocycles. The highest BCUT2D eigenvalue weighted by molar-refractivity contribution is 7.92. The second-order valence-electron chi connectivity index (χ2n) is 10.8. The van der Waals surface area contributed by atoms with Gasteiger partial charge in [-0.15, -0.1) is 0 Å². The number of carbonyl (C=O) groups is 2. The Labute approximate surface area is 259 Å². The van der Waals surface area contributed by atoms with Crippen molar-refractivity contribution in [3.63, 3.8) is 0 Å². The molecule has 0 aliphatic heterocycles. The van der Waals surface area contributed by atoms with Crippen molar-refractivity contribution >= 4 is 27.5 Å². The molecule has 9 heteroatoms. The summed E-state index contributed by atoms with van der Waals surface area (Å²) in [4.78, 5) is 29.6. The first-order chi connectivity index (χ1) is 21.1. The van der Waals surface area contributed by atoms with Crippen LogP contribution >= 0.6 is 0 Å². The van der Waals surface area contributed by atoms with Gasteiger partial charge in [-0.2, -0.15) is 0 Å². The van der Waals surface area contributed by atoms with Gasteiger partial charge in [0.05, 0.1) is 10.6 Å². The van der Waals surface area contributed by atoms with Gasteiger partial charge < -0.3 is 10.2 Å². The van der Waals surface area contributed by atoms with E-state index in [1.807, 2.05) is 75.4 Å². The lowest BCUT2D eigenvalue weighted by Gasteiger charge is -2.34. The molecule has 2 atom stereocenters. The smallest absolute Gasteiger partial charge is 0.264 e. The summed E-state index contributed by atoms with van der Waals surface area (Å²) in [7, 11) is -4.37. The summed E-state index contributed by atoms with van der Waals surface area (Å²) >= 11 is 0. The first kappa shape index (κ1) is 32.4. The molecule has 4 aromatic carbocycles. The van der Waals surface area contributed by atoms with E-state index in [1.165, 1.54) is 35.2 Å². The molecule has 0 saturated carbocycles. The highest BCUT2D eigenvalue weighted by Crippen LogP contribution is 2.27. The van der Waals surface area contributed by atoms with Gasteiger partial charge in [-0.05, 0) is 55.7 Å². The third kappa shape index (κ3) is 8.11. The molecule has 0 aliphatic carbocycles. The summed E-state index contributed by atoms with van der Waals surface area (Å²) in [6, 6.07) is 28.8. The molecule has 7 nitrogen and oxygen atoms in total. The van der Waals surface area contributed by atoms with E-state index in [2.05, 4.69) is 5.32 Å². The minimum absolute atomic E-state index is 0.0441. The second-order valence-corrected chi connectivity index (χ2v) is 12.7. The highest BCUT2D eigenvalue weighted by Gasteiger charge is 2.35. The molecule has 0 aromatic heterocycles. The van der Waals surface area contributed by atoms with Crippen LogP contribution in [-0.4, -0.2) is 43.8 Å². The van der Waals surface area contributed by atoms with Crippen LogP contribution in [0.5, 0.6) is 0 Å². The van der Waals surface area contributed by atoms with E-state index in [1.54, 1.807) is 18.2 Å². The monoisotopic (exact) mass is 615 g/mol. The van der Waals surface area contributed by atoms with E-state index in [4.69, 9.17) is 0 Å². The molecule has 0 unspecified atom stereocenters. The third-order valence-electron chi connectivity index (χ3n) is 7.44. The molecule has 1 N–H and O–H groups in total. The van der Waals surface area contributed by atoms with Crippen LogP contribution in [0.15, 0.2) is 114 Å². The summed E-state index contributed by atoms with van der Waals surface area (Å²) in [5, 5.41) is 3.01. The summed E-state index contributed by atoms with van der Waals surface area (Å²) < 4.78 is 43.8. The van der Waals surface area contributed by atoms with Crippen molar-refractivity contribution in [1.82, 2.24) is 10.2 Å². The van der Waals surface area contributed by atoms with E-state index < -0.39 is 34.3 Å². The number of amides is 2. The number of hydrogen-bond donors (Lipinski definition) is 1. The minimum Gasteiger partial charge on any atom is -0.352 e. The molecular formula is C35H38FN3O4S. The Kier molecular flexibility index (Phi) is 10.9. The minimum atomic E-state index is -4.37. The Morgan fingerprint density at radius 1 is 0.841 bits per heavy atom. The second kappa shape index (κ2) is 14.8. The fourth-order valence-corrected chi connectivity index (χ4v) is 6.33. The lowest BCUT2D eigenvalue weighted by molar-refractivity contribution is -0.140. The van der Waals surface area contributed by atoms with Crippen molar-refractivity contribution in [2.75, 3.05) is 10.8 Å².